The zero-order valence-electron chi connectivity index (χ0n) is 17.3. The van der Waals surface area contributed by atoms with E-state index in [0.29, 0.717) is 29.6 Å². The Kier molecular flexibility index (Phi) is 4.61. The molecule has 162 valence electrons. The van der Waals surface area contributed by atoms with Crippen LogP contribution in [0.4, 0.5) is 5.69 Å². The molecule has 1 fully saturated rings. The summed E-state index contributed by atoms with van der Waals surface area (Å²) in [6.45, 7) is 0.988. The van der Waals surface area contributed by atoms with Gasteiger partial charge in [0.25, 0.3) is 5.91 Å². The molecular weight excluding hydrogens is 426 g/mol. The van der Waals surface area contributed by atoms with Crippen molar-refractivity contribution in [1.82, 2.24) is 29.5 Å². The van der Waals surface area contributed by atoms with Gasteiger partial charge in [0.05, 0.1) is 59.8 Å². The van der Waals surface area contributed by atoms with Gasteiger partial charge in [0.1, 0.15) is 0 Å². The van der Waals surface area contributed by atoms with Gasteiger partial charge in [-0.15, -0.1) is 0 Å². The summed E-state index contributed by atoms with van der Waals surface area (Å²) < 4.78 is 3.69. The van der Waals surface area contributed by atoms with Crippen molar-refractivity contribution < 1.29 is 4.79 Å². The number of carbonyl (C=O) groups is 1. The first kappa shape index (κ1) is 19.3. The normalized spacial score (nSPS) is 17.3. The van der Waals surface area contributed by atoms with E-state index in [1.807, 2.05) is 27.5 Å². The number of hydrogen-bond acceptors (Lipinski definition) is 5. The van der Waals surface area contributed by atoms with Crippen LogP contribution in [0, 0.1) is 0 Å². The minimum Gasteiger partial charge on any atom is -0.379 e. The van der Waals surface area contributed by atoms with Crippen molar-refractivity contribution in [3.63, 3.8) is 0 Å². The summed E-state index contributed by atoms with van der Waals surface area (Å²) in [5.41, 5.74) is 5.74. The number of rotatable bonds is 6. The van der Waals surface area contributed by atoms with Crippen LogP contribution in [-0.2, 0) is 19.5 Å². The van der Waals surface area contributed by atoms with E-state index in [0.717, 1.165) is 29.0 Å². The number of anilines is 1. The molecule has 0 saturated heterocycles. The summed E-state index contributed by atoms with van der Waals surface area (Å²) in [4.78, 5) is 21.6. The summed E-state index contributed by atoms with van der Waals surface area (Å²) in [5.74, 6) is 0.510. The van der Waals surface area contributed by atoms with Gasteiger partial charge in [-0.2, -0.15) is 5.10 Å². The first-order valence-electron chi connectivity index (χ1n) is 10.8. The number of pyridine rings is 2. The first-order valence-corrected chi connectivity index (χ1v) is 11.2. The Labute approximate surface area is 189 Å². The summed E-state index contributed by atoms with van der Waals surface area (Å²) in [5, 5.41) is 11.5. The molecule has 1 unspecified atom stereocenters. The van der Waals surface area contributed by atoms with E-state index in [1.54, 1.807) is 24.8 Å². The molecular formula is C23H22ClN7O. The Morgan fingerprint density at radius 1 is 1.25 bits per heavy atom. The highest BCUT2D eigenvalue weighted by atomic mass is 35.5. The maximum absolute atomic E-state index is 12.6. The molecule has 1 amide bonds. The average molecular weight is 448 g/mol. The zero-order chi connectivity index (χ0) is 21.7. The lowest BCUT2D eigenvalue weighted by Crippen LogP contribution is -2.24. The molecule has 1 atom stereocenters. The van der Waals surface area contributed by atoms with E-state index in [-0.39, 0.29) is 11.9 Å². The number of halogens is 1. The summed E-state index contributed by atoms with van der Waals surface area (Å²) in [6.07, 6.45) is 12.4. The molecule has 1 saturated carbocycles. The van der Waals surface area contributed by atoms with E-state index in [1.165, 1.54) is 18.4 Å². The molecule has 4 aromatic rings. The molecule has 4 aromatic heterocycles. The molecule has 6 rings (SSSR count). The molecule has 1 aliphatic carbocycles. The van der Waals surface area contributed by atoms with Crippen molar-refractivity contribution in [3.8, 4) is 0 Å². The minimum absolute atomic E-state index is 0.183. The number of carbonyl (C=O) groups excluding carboxylic acids is 1. The second-order valence-electron chi connectivity index (χ2n) is 8.55. The number of imidazole rings is 1. The van der Waals surface area contributed by atoms with Gasteiger partial charge in [0.15, 0.2) is 0 Å². The van der Waals surface area contributed by atoms with Crippen LogP contribution in [0.3, 0.4) is 0 Å². The Hall–Kier alpha value is -3.39. The molecule has 8 nitrogen and oxygen atoms in total. The topological polar surface area (TPSA) is 89.1 Å². The fraction of sp³-hybridized carbons (Fsp3) is 0.304. The van der Waals surface area contributed by atoms with E-state index >= 15 is 0 Å². The molecule has 2 N–H and O–H groups in total. The summed E-state index contributed by atoms with van der Waals surface area (Å²) in [6, 6.07) is 6.09. The molecule has 1 aliphatic heterocycles. The maximum atomic E-state index is 12.6. The second kappa shape index (κ2) is 7.63. The lowest BCUT2D eigenvalue weighted by molar-refractivity contribution is 0.0950. The fourth-order valence-corrected chi connectivity index (χ4v) is 4.44. The zero-order valence-corrected chi connectivity index (χ0v) is 18.1. The van der Waals surface area contributed by atoms with E-state index in [4.69, 9.17) is 11.6 Å². The molecule has 0 aromatic carbocycles. The molecule has 0 bridgehead atoms. The monoisotopic (exact) mass is 447 g/mol. The van der Waals surface area contributed by atoms with Crippen molar-refractivity contribution in [2.45, 2.75) is 44.3 Å². The average Bonchev–Trinajstić information content (AvgIpc) is 3.21. The Bertz CT molecular complexity index is 1320. The Balaban J connectivity index is 1.08. The highest BCUT2D eigenvalue weighted by Gasteiger charge is 2.28. The van der Waals surface area contributed by atoms with Crippen molar-refractivity contribution in [2.24, 2.45) is 0 Å². The van der Waals surface area contributed by atoms with Gasteiger partial charge in [-0.3, -0.25) is 14.5 Å². The lowest BCUT2D eigenvalue weighted by atomic mass is 10.1. The van der Waals surface area contributed by atoms with Gasteiger partial charge in [0.2, 0.25) is 0 Å². The standard InChI is InChI=1S/C23H22ClN7O/c24-17-3-4-30-13-27-21(22(30)6-17)10-26-23(32)16-9-28-31(11-16)12-18-7-19-20(29-18)5-15(8-25-19)14-1-2-14/h3-6,8-9,11,13-14,18,29H,1-2,7,10,12H2,(H,26,32). The lowest BCUT2D eigenvalue weighted by Gasteiger charge is -2.11. The number of aromatic nitrogens is 5. The van der Waals surface area contributed by atoms with Gasteiger partial charge in [0, 0.05) is 30.0 Å². The highest BCUT2D eigenvalue weighted by molar-refractivity contribution is 6.30. The van der Waals surface area contributed by atoms with Gasteiger partial charge in [-0.05, 0) is 42.5 Å². The highest BCUT2D eigenvalue weighted by Crippen LogP contribution is 2.41. The van der Waals surface area contributed by atoms with Gasteiger partial charge < -0.3 is 15.0 Å². The molecule has 32 heavy (non-hydrogen) atoms. The van der Waals surface area contributed by atoms with Gasteiger partial charge in [-0.1, -0.05) is 11.6 Å². The third-order valence-electron chi connectivity index (χ3n) is 6.14. The van der Waals surface area contributed by atoms with Crippen molar-refractivity contribution in [1.29, 1.82) is 0 Å². The van der Waals surface area contributed by atoms with Gasteiger partial charge in [-0.25, -0.2) is 4.98 Å². The molecule has 0 radical (unpaired) electrons. The Morgan fingerprint density at radius 3 is 3.03 bits per heavy atom. The molecule has 9 heteroatoms. The fourth-order valence-electron chi connectivity index (χ4n) is 4.28. The first-order chi connectivity index (χ1) is 15.6. The van der Waals surface area contributed by atoms with Crippen LogP contribution in [0.25, 0.3) is 5.52 Å². The quantitative estimate of drug-likeness (QED) is 0.472. The van der Waals surface area contributed by atoms with Crippen LogP contribution in [-0.4, -0.2) is 36.1 Å². The van der Waals surface area contributed by atoms with Crippen LogP contribution >= 0.6 is 11.6 Å². The van der Waals surface area contributed by atoms with Gasteiger partial charge >= 0.3 is 0 Å². The second-order valence-corrected chi connectivity index (χ2v) is 8.98. The third kappa shape index (κ3) is 3.71. The third-order valence-corrected chi connectivity index (χ3v) is 6.37. The van der Waals surface area contributed by atoms with Crippen LogP contribution in [0.5, 0.6) is 0 Å². The number of nitrogens with one attached hydrogen (secondary N) is 2. The predicted molar refractivity (Wildman–Crippen MR) is 121 cm³/mol. The predicted octanol–water partition coefficient (Wildman–Crippen LogP) is 3.42. The van der Waals surface area contributed by atoms with E-state index in [9.17, 15) is 4.79 Å². The minimum atomic E-state index is -0.183. The van der Waals surface area contributed by atoms with Crippen LogP contribution in [0.15, 0.2) is 49.3 Å². The van der Waals surface area contributed by atoms with E-state index in [2.05, 4.69) is 31.8 Å². The molecule has 5 heterocycles. The number of hydrogen-bond donors (Lipinski definition) is 2. The van der Waals surface area contributed by atoms with Crippen molar-refractivity contribution in [3.05, 3.63) is 76.9 Å². The maximum Gasteiger partial charge on any atom is 0.254 e. The Morgan fingerprint density at radius 2 is 2.16 bits per heavy atom. The number of nitrogens with zero attached hydrogens (tertiary/aromatic N) is 5. The van der Waals surface area contributed by atoms with Crippen LogP contribution in [0.1, 0.15) is 46.1 Å². The van der Waals surface area contributed by atoms with E-state index < -0.39 is 0 Å². The molecule has 2 aliphatic rings. The van der Waals surface area contributed by atoms with Crippen LogP contribution in [0.2, 0.25) is 5.02 Å². The SMILES string of the molecule is O=C(NCc1ncn2ccc(Cl)cc12)c1cnn(CC2Cc3ncc(C4CC4)cc3N2)c1. The smallest absolute Gasteiger partial charge is 0.254 e. The largest absolute Gasteiger partial charge is 0.379 e. The summed E-state index contributed by atoms with van der Waals surface area (Å²) >= 11 is 6.08. The molecule has 0 spiro atoms. The number of fused-ring (bicyclic) bond motifs is 2. The van der Waals surface area contributed by atoms with Crippen molar-refractivity contribution in [2.75, 3.05) is 5.32 Å². The van der Waals surface area contributed by atoms with Crippen molar-refractivity contribution >= 4 is 28.7 Å². The van der Waals surface area contributed by atoms with Crippen LogP contribution < -0.4 is 10.6 Å². The number of amides is 1. The summed E-state index contributed by atoms with van der Waals surface area (Å²) in [7, 11) is 0.